The van der Waals surface area contributed by atoms with Crippen molar-refractivity contribution in [3.63, 3.8) is 0 Å². The van der Waals surface area contributed by atoms with Gasteiger partial charge in [0, 0.05) is 13.1 Å². The van der Waals surface area contributed by atoms with Gasteiger partial charge >= 0.3 is 6.09 Å². The molecule has 1 rings (SSSR count). The van der Waals surface area contributed by atoms with E-state index in [9.17, 15) is 4.79 Å². The third-order valence-corrected chi connectivity index (χ3v) is 2.79. The molecule has 19 heavy (non-hydrogen) atoms. The van der Waals surface area contributed by atoms with E-state index in [1.807, 2.05) is 13.8 Å². The normalized spacial score (nSPS) is 15.4. The van der Waals surface area contributed by atoms with E-state index in [2.05, 4.69) is 28.1 Å². The maximum absolute atomic E-state index is 11.2. The summed E-state index contributed by atoms with van der Waals surface area (Å²) in [6, 6.07) is 0. The van der Waals surface area contributed by atoms with Gasteiger partial charge in [0.25, 0.3) is 0 Å². The number of rotatable bonds is 4. The van der Waals surface area contributed by atoms with Crippen LogP contribution in [-0.2, 0) is 4.74 Å². The first-order chi connectivity index (χ1) is 9.22. The Balaban J connectivity index is 0.00000154. The van der Waals surface area contributed by atoms with Crippen molar-refractivity contribution in [2.75, 3.05) is 20.2 Å². The largest absolute Gasteiger partial charge is 0.453 e. The Bertz CT molecular complexity index is 329. The average Bonchev–Trinajstić information content (AvgIpc) is 2.49. The van der Waals surface area contributed by atoms with Crippen LogP contribution in [0.5, 0.6) is 0 Å². The number of likely N-dealkylation sites (tertiary alicyclic amines) is 1. The smallest absolute Gasteiger partial charge is 0.411 e. The summed E-state index contributed by atoms with van der Waals surface area (Å²) in [4.78, 5) is 13.4. The van der Waals surface area contributed by atoms with Gasteiger partial charge in [0.05, 0.1) is 18.5 Å². The second-order valence-electron chi connectivity index (χ2n) is 3.87. The first-order valence-electron chi connectivity index (χ1n) is 6.82. The van der Waals surface area contributed by atoms with E-state index in [1.165, 1.54) is 26.4 Å². The highest BCUT2D eigenvalue weighted by molar-refractivity contribution is 5.70. The maximum Gasteiger partial charge on any atom is 0.411 e. The van der Waals surface area contributed by atoms with Crippen LogP contribution in [-0.4, -0.2) is 31.2 Å². The zero-order valence-electron chi connectivity index (χ0n) is 12.4. The summed E-state index contributed by atoms with van der Waals surface area (Å²) in [5.74, 6) is 0. The predicted molar refractivity (Wildman–Crippen MR) is 79.7 cm³/mol. The molecule has 0 unspecified atom stereocenters. The lowest BCUT2D eigenvalue weighted by molar-refractivity contribution is 0.174. The number of alkyl carbamates (subject to hydrolysis) is 1. The Morgan fingerprint density at radius 1 is 1.16 bits per heavy atom. The van der Waals surface area contributed by atoms with Crippen LogP contribution in [0.25, 0.3) is 0 Å². The second kappa shape index (κ2) is 10.2. The Morgan fingerprint density at radius 2 is 1.74 bits per heavy atom. The third kappa shape index (κ3) is 5.64. The van der Waals surface area contributed by atoms with Crippen molar-refractivity contribution >= 4 is 6.09 Å². The average molecular weight is 266 g/mol. The molecule has 1 aliphatic heterocycles. The molecule has 0 atom stereocenters. The molecule has 0 spiro atoms. The van der Waals surface area contributed by atoms with Crippen molar-refractivity contribution in [3.8, 4) is 0 Å². The number of hydrogen-bond donors (Lipinski definition) is 1. The minimum absolute atomic E-state index is 0.490. The molecule has 4 nitrogen and oxygen atoms in total. The molecule has 0 bridgehead atoms. The zero-order valence-corrected chi connectivity index (χ0v) is 12.4. The van der Waals surface area contributed by atoms with Gasteiger partial charge in [-0.15, -0.1) is 0 Å². The molecular formula is C15H26N2O2. The van der Waals surface area contributed by atoms with Crippen LogP contribution < -0.4 is 5.32 Å². The maximum atomic E-state index is 11.2. The number of piperidine rings is 1. The Hall–Kier alpha value is -1.71. The number of carbonyl (C=O) groups is 1. The van der Waals surface area contributed by atoms with Crippen molar-refractivity contribution in [1.82, 2.24) is 10.2 Å². The molecule has 0 aromatic carbocycles. The minimum atomic E-state index is -0.490. The van der Waals surface area contributed by atoms with Crippen LogP contribution in [0.15, 0.2) is 36.7 Å². The van der Waals surface area contributed by atoms with Gasteiger partial charge in [-0.3, -0.25) is 5.32 Å². The quantitative estimate of drug-likeness (QED) is 0.793. The molecule has 4 heteroatoms. The number of allylic oxidation sites excluding steroid dienone is 2. The van der Waals surface area contributed by atoms with E-state index in [0.717, 1.165) is 18.8 Å². The standard InChI is InChI=1S/C13H20N2O2.C2H6/c1-4-11(14-13(16)17-3)12(5-2)15-9-7-6-8-10-15;1-2/h4-5H,1-2,6-10H2,3H3,(H,14,16);1-2H3/b12-11-;. The van der Waals surface area contributed by atoms with Crippen LogP contribution in [0, 0.1) is 0 Å². The van der Waals surface area contributed by atoms with Crippen LogP contribution in [0.4, 0.5) is 4.79 Å². The first kappa shape index (κ1) is 17.3. The molecule has 0 saturated carbocycles. The van der Waals surface area contributed by atoms with Gasteiger partial charge in [-0.1, -0.05) is 27.0 Å². The summed E-state index contributed by atoms with van der Waals surface area (Å²) >= 11 is 0. The van der Waals surface area contributed by atoms with E-state index in [4.69, 9.17) is 0 Å². The molecule has 1 N–H and O–H groups in total. The zero-order chi connectivity index (χ0) is 14.7. The van der Waals surface area contributed by atoms with Gasteiger partial charge in [-0.2, -0.15) is 0 Å². The highest BCUT2D eigenvalue weighted by Crippen LogP contribution is 2.18. The molecule has 1 fully saturated rings. The number of carbonyl (C=O) groups excluding carboxylic acids is 1. The summed E-state index contributed by atoms with van der Waals surface area (Å²) in [6.45, 7) is 13.5. The van der Waals surface area contributed by atoms with Crippen molar-refractivity contribution in [2.45, 2.75) is 33.1 Å². The fourth-order valence-corrected chi connectivity index (χ4v) is 1.92. The number of methoxy groups -OCH3 is 1. The van der Waals surface area contributed by atoms with Crippen molar-refractivity contribution in [1.29, 1.82) is 0 Å². The number of nitrogens with zero attached hydrogens (tertiary/aromatic N) is 1. The molecule has 1 amide bonds. The summed E-state index contributed by atoms with van der Waals surface area (Å²) in [5, 5.41) is 2.65. The van der Waals surface area contributed by atoms with Crippen molar-refractivity contribution in [3.05, 3.63) is 36.7 Å². The summed E-state index contributed by atoms with van der Waals surface area (Å²) in [7, 11) is 1.34. The number of ether oxygens (including phenoxy) is 1. The monoisotopic (exact) mass is 266 g/mol. The molecule has 0 aromatic heterocycles. The minimum Gasteiger partial charge on any atom is -0.453 e. The van der Waals surface area contributed by atoms with Crippen LogP contribution in [0.2, 0.25) is 0 Å². The lowest BCUT2D eigenvalue weighted by atomic mass is 10.1. The van der Waals surface area contributed by atoms with Crippen LogP contribution in [0.3, 0.4) is 0 Å². The molecule has 108 valence electrons. The molecule has 1 aliphatic rings. The predicted octanol–water partition coefficient (Wildman–Crippen LogP) is 3.44. The molecule has 0 radical (unpaired) electrons. The lowest BCUT2D eigenvalue weighted by Crippen LogP contribution is -2.32. The summed E-state index contributed by atoms with van der Waals surface area (Å²) in [5.41, 5.74) is 1.55. The molecule has 1 saturated heterocycles. The second-order valence-corrected chi connectivity index (χ2v) is 3.87. The summed E-state index contributed by atoms with van der Waals surface area (Å²) in [6.07, 6.45) is 6.46. The molecule has 0 aliphatic carbocycles. The van der Waals surface area contributed by atoms with Gasteiger partial charge < -0.3 is 9.64 Å². The van der Waals surface area contributed by atoms with E-state index in [1.54, 1.807) is 12.2 Å². The molecular weight excluding hydrogens is 240 g/mol. The fourth-order valence-electron chi connectivity index (χ4n) is 1.92. The van der Waals surface area contributed by atoms with Gasteiger partial charge in [0.2, 0.25) is 0 Å². The van der Waals surface area contributed by atoms with Gasteiger partial charge in [0.1, 0.15) is 0 Å². The number of hydrogen-bond acceptors (Lipinski definition) is 3. The van der Waals surface area contributed by atoms with Crippen molar-refractivity contribution in [2.24, 2.45) is 0 Å². The SMILES string of the molecule is C=C/C(NC(=O)OC)=C(\C=C)N1CCCCC1.CC. The number of amides is 1. The molecule has 0 aromatic rings. The third-order valence-electron chi connectivity index (χ3n) is 2.79. The fraction of sp³-hybridized carbons (Fsp3) is 0.533. The Kier molecular flexibility index (Phi) is 9.31. The number of nitrogens with one attached hydrogen (secondary N) is 1. The summed E-state index contributed by atoms with van der Waals surface area (Å²) < 4.78 is 4.58. The van der Waals surface area contributed by atoms with Gasteiger partial charge in [-0.25, -0.2) is 4.79 Å². The first-order valence-corrected chi connectivity index (χ1v) is 6.82. The Morgan fingerprint density at radius 3 is 2.16 bits per heavy atom. The van der Waals surface area contributed by atoms with E-state index < -0.39 is 6.09 Å². The molecule has 1 heterocycles. The Labute approximate surface area is 116 Å². The lowest BCUT2D eigenvalue weighted by Gasteiger charge is -2.30. The van der Waals surface area contributed by atoms with Crippen LogP contribution in [0.1, 0.15) is 33.1 Å². The topological polar surface area (TPSA) is 41.6 Å². The highest BCUT2D eigenvalue weighted by atomic mass is 16.5. The van der Waals surface area contributed by atoms with E-state index >= 15 is 0 Å². The van der Waals surface area contributed by atoms with Gasteiger partial charge in [-0.05, 0) is 31.4 Å². The van der Waals surface area contributed by atoms with Gasteiger partial charge in [0.15, 0.2) is 0 Å². The highest BCUT2D eigenvalue weighted by Gasteiger charge is 2.15. The van der Waals surface area contributed by atoms with E-state index in [0.29, 0.717) is 5.70 Å². The van der Waals surface area contributed by atoms with E-state index in [-0.39, 0.29) is 0 Å². The van der Waals surface area contributed by atoms with Crippen molar-refractivity contribution < 1.29 is 9.53 Å². The van der Waals surface area contributed by atoms with Crippen LogP contribution >= 0.6 is 0 Å².